The van der Waals surface area contributed by atoms with Crippen LogP contribution in [-0.2, 0) is 19.6 Å². The average Bonchev–Trinajstić information content (AvgIpc) is 2.62. The van der Waals surface area contributed by atoms with Crippen molar-refractivity contribution in [2.75, 3.05) is 11.4 Å². The van der Waals surface area contributed by atoms with Gasteiger partial charge in [-0.25, -0.2) is 8.42 Å². The number of hydrogen-bond donors (Lipinski definition) is 0. The molecular weight excluding hydrogens is 340 g/mol. The van der Waals surface area contributed by atoms with Crippen LogP contribution < -0.4 is 4.90 Å². The van der Waals surface area contributed by atoms with Gasteiger partial charge in [-0.3, -0.25) is 14.5 Å². The molecule has 2 aliphatic heterocycles. The van der Waals surface area contributed by atoms with Gasteiger partial charge in [-0.05, 0) is 49.9 Å². The molecule has 2 saturated heterocycles. The summed E-state index contributed by atoms with van der Waals surface area (Å²) in [6.45, 7) is 2.56. The third-order valence-corrected chi connectivity index (χ3v) is 6.99. The minimum absolute atomic E-state index is 0.0451. The molecule has 0 N–H and O–H groups in total. The monoisotopic (exact) mass is 364 g/mol. The van der Waals surface area contributed by atoms with Crippen LogP contribution >= 0.6 is 0 Å². The Bertz CT molecular complexity index is 742. The van der Waals surface area contributed by atoms with Gasteiger partial charge in [0.25, 0.3) is 0 Å². The number of nitrogens with zero attached hydrogens (tertiary/aromatic N) is 2. The second-order valence-corrected chi connectivity index (χ2v) is 8.53. The fourth-order valence-corrected chi connectivity index (χ4v) is 5.41. The van der Waals surface area contributed by atoms with E-state index < -0.39 is 10.0 Å². The van der Waals surface area contributed by atoms with E-state index in [9.17, 15) is 18.0 Å². The van der Waals surface area contributed by atoms with Gasteiger partial charge >= 0.3 is 0 Å². The first-order valence-corrected chi connectivity index (χ1v) is 10.4. The lowest BCUT2D eigenvalue weighted by Crippen LogP contribution is -2.43. The number of benzene rings is 1. The summed E-state index contributed by atoms with van der Waals surface area (Å²) in [7, 11) is -3.55. The van der Waals surface area contributed by atoms with Crippen molar-refractivity contribution in [3.8, 4) is 0 Å². The molecule has 1 aromatic rings. The van der Waals surface area contributed by atoms with E-state index in [2.05, 4.69) is 0 Å². The second kappa shape index (κ2) is 7.25. The normalized spacial score (nSPS) is 23.1. The van der Waals surface area contributed by atoms with Gasteiger partial charge in [0, 0.05) is 25.4 Å². The average molecular weight is 364 g/mol. The molecule has 7 heteroatoms. The number of carbonyl (C=O) groups excluding carboxylic acids is 2. The highest BCUT2D eigenvalue weighted by atomic mass is 32.2. The fraction of sp³-hybridized carbons (Fsp3) is 0.556. The molecule has 3 rings (SSSR count). The first-order chi connectivity index (χ1) is 11.9. The van der Waals surface area contributed by atoms with Crippen LogP contribution in [0.3, 0.4) is 0 Å². The van der Waals surface area contributed by atoms with Crippen LogP contribution in [0, 0.1) is 0 Å². The second-order valence-electron chi connectivity index (χ2n) is 6.64. The van der Waals surface area contributed by atoms with Crippen LogP contribution in [0.5, 0.6) is 0 Å². The Hall–Kier alpha value is -1.73. The van der Waals surface area contributed by atoms with Crippen molar-refractivity contribution in [3.63, 3.8) is 0 Å². The third-order valence-electron chi connectivity index (χ3n) is 5.03. The number of hydrogen-bond acceptors (Lipinski definition) is 4. The molecule has 0 bridgehead atoms. The lowest BCUT2D eigenvalue weighted by Gasteiger charge is -2.34. The maximum Gasteiger partial charge on any atom is 0.243 e. The molecule has 0 saturated carbocycles. The van der Waals surface area contributed by atoms with Gasteiger partial charge in [0.2, 0.25) is 21.8 Å². The molecule has 0 radical (unpaired) electrons. The number of anilines is 1. The predicted molar refractivity (Wildman–Crippen MR) is 94.6 cm³/mol. The number of rotatable bonds is 4. The Morgan fingerprint density at radius 3 is 2.24 bits per heavy atom. The predicted octanol–water partition coefficient (Wildman–Crippen LogP) is 2.68. The van der Waals surface area contributed by atoms with E-state index in [1.807, 2.05) is 6.92 Å². The molecule has 0 spiro atoms. The van der Waals surface area contributed by atoms with E-state index in [4.69, 9.17) is 0 Å². The molecule has 2 heterocycles. The fourth-order valence-electron chi connectivity index (χ4n) is 3.64. The van der Waals surface area contributed by atoms with Gasteiger partial charge < -0.3 is 0 Å². The third kappa shape index (κ3) is 3.48. The van der Waals surface area contributed by atoms with Crippen molar-refractivity contribution >= 4 is 27.5 Å². The Labute approximate surface area is 148 Å². The van der Waals surface area contributed by atoms with Gasteiger partial charge in [-0.1, -0.05) is 13.3 Å². The standard InChI is InChI=1S/C18H24N2O4S/c1-2-14-6-3-4-13-19(14)25(23,24)16-11-9-15(10-12-16)20-17(21)7-5-8-18(20)22/h9-12,14H,2-8,13H2,1H3. The Balaban J connectivity index is 1.86. The highest BCUT2D eigenvalue weighted by molar-refractivity contribution is 7.89. The Morgan fingerprint density at radius 1 is 1.00 bits per heavy atom. The number of imide groups is 1. The minimum atomic E-state index is -3.55. The summed E-state index contributed by atoms with van der Waals surface area (Å²) in [6.07, 6.45) is 4.90. The van der Waals surface area contributed by atoms with Gasteiger partial charge in [0.15, 0.2) is 0 Å². The Morgan fingerprint density at radius 2 is 1.64 bits per heavy atom. The SMILES string of the molecule is CCC1CCCCN1S(=O)(=O)c1ccc(N2C(=O)CCCC2=O)cc1. The molecule has 1 unspecified atom stereocenters. The first kappa shape index (κ1) is 18.1. The molecule has 1 atom stereocenters. The number of sulfonamides is 1. The molecule has 25 heavy (non-hydrogen) atoms. The van der Waals surface area contributed by atoms with Crippen molar-refractivity contribution in [2.45, 2.75) is 62.8 Å². The number of amides is 2. The first-order valence-electron chi connectivity index (χ1n) is 8.93. The van der Waals surface area contributed by atoms with Crippen LogP contribution in [0.4, 0.5) is 5.69 Å². The van der Waals surface area contributed by atoms with E-state index in [1.54, 1.807) is 16.4 Å². The largest absolute Gasteiger partial charge is 0.274 e. The van der Waals surface area contributed by atoms with E-state index in [1.165, 1.54) is 12.1 Å². The van der Waals surface area contributed by atoms with E-state index in [0.717, 1.165) is 30.6 Å². The summed E-state index contributed by atoms with van der Waals surface area (Å²) >= 11 is 0. The lowest BCUT2D eigenvalue weighted by atomic mass is 10.0. The van der Waals surface area contributed by atoms with Crippen LogP contribution in [0.1, 0.15) is 51.9 Å². The zero-order valence-electron chi connectivity index (χ0n) is 14.5. The summed E-state index contributed by atoms with van der Waals surface area (Å²) in [5.41, 5.74) is 0.444. The van der Waals surface area contributed by atoms with Crippen molar-refractivity contribution < 1.29 is 18.0 Å². The van der Waals surface area contributed by atoms with Crippen molar-refractivity contribution in [1.82, 2.24) is 4.31 Å². The van der Waals surface area contributed by atoms with Gasteiger partial charge in [-0.2, -0.15) is 4.31 Å². The van der Waals surface area contributed by atoms with Gasteiger partial charge in [0.1, 0.15) is 0 Å². The molecule has 136 valence electrons. The van der Waals surface area contributed by atoms with Gasteiger partial charge in [-0.15, -0.1) is 0 Å². The zero-order valence-corrected chi connectivity index (χ0v) is 15.3. The highest BCUT2D eigenvalue weighted by Crippen LogP contribution is 2.29. The zero-order chi connectivity index (χ0) is 18.0. The van der Waals surface area contributed by atoms with Crippen molar-refractivity contribution in [3.05, 3.63) is 24.3 Å². The summed E-state index contributed by atoms with van der Waals surface area (Å²) in [4.78, 5) is 25.4. The van der Waals surface area contributed by atoms with Crippen LogP contribution in [0.2, 0.25) is 0 Å². The molecule has 2 aliphatic rings. The summed E-state index contributed by atoms with van der Waals surface area (Å²) in [5, 5.41) is 0. The van der Waals surface area contributed by atoms with E-state index in [-0.39, 0.29) is 22.8 Å². The Kier molecular flexibility index (Phi) is 5.24. The topological polar surface area (TPSA) is 74.8 Å². The summed E-state index contributed by atoms with van der Waals surface area (Å²) in [5.74, 6) is -0.456. The smallest absolute Gasteiger partial charge is 0.243 e. The number of carbonyl (C=O) groups is 2. The molecule has 0 aliphatic carbocycles. The van der Waals surface area contributed by atoms with E-state index >= 15 is 0 Å². The molecule has 2 amide bonds. The van der Waals surface area contributed by atoms with Crippen LogP contribution in [0.25, 0.3) is 0 Å². The van der Waals surface area contributed by atoms with Crippen molar-refractivity contribution in [2.24, 2.45) is 0 Å². The molecular formula is C18H24N2O4S. The highest BCUT2D eigenvalue weighted by Gasteiger charge is 2.33. The maximum atomic E-state index is 13.0. The van der Waals surface area contributed by atoms with Gasteiger partial charge in [0.05, 0.1) is 10.6 Å². The molecule has 0 aromatic heterocycles. The van der Waals surface area contributed by atoms with Crippen molar-refractivity contribution in [1.29, 1.82) is 0 Å². The molecule has 2 fully saturated rings. The number of piperidine rings is 2. The lowest BCUT2D eigenvalue weighted by molar-refractivity contribution is -0.129. The van der Waals surface area contributed by atoms with E-state index in [0.29, 0.717) is 31.5 Å². The van der Waals surface area contributed by atoms with Crippen LogP contribution in [-0.4, -0.2) is 37.1 Å². The summed E-state index contributed by atoms with van der Waals surface area (Å²) in [6, 6.07) is 6.16. The van der Waals surface area contributed by atoms with Crippen LogP contribution in [0.15, 0.2) is 29.2 Å². The quantitative estimate of drug-likeness (QED) is 0.770. The minimum Gasteiger partial charge on any atom is -0.274 e. The summed E-state index contributed by atoms with van der Waals surface area (Å²) < 4.78 is 27.5. The molecule has 6 nitrogen and oxygen atoms in total. The maximum absolute atomic E-state index is 13.0. The molecule has 1 aromatic carbocycles.